The molecule has 2 aliphatic rings. The zero-order valence-corrected chi connectivity index (χ0v) is 9.98. The van der Waals surface area contributed by atoms with Gasteiger partial charge in [-0.1, -0.05) is 26.7 Å². The molecule has 0 aromatic heterocycles. The van der Waals surface area contributed by atoms with Crippen molar-refractivity contribution in [3.63, 3.8) is 0 Å². The third-order valence-corrected chi connectivity index (χ3v) is 5.43. The first-order chi connectivity index (χ1) is 6.00. The molecule has 74 valence electrons. The molecule has 5 atom stereocenters. The van der Waals surface area contributed by atoms with Crippen molar-refractivity contribution in [2.24, 2.45) is 17.8 Å². The molecule has 0 amide bonds. The topological polar surface area (TPSA) is 0 Å². The summed E-state index contributed by atoms with van der Waals surface area (Å²) in [5, 5.41) is 1.13. The first-order valence-corrected chi connectivity index (χ1v) is 6.20. The number of thiol groups is 1. The second-order valence-corrected chi connectivity index (χ2v) is 6.53. The molecule has 0 N–H and O–H groups in total. The molecule has 0 bridgehead atoms. The second-order valence-electron chi connectivity index (χ2n) is 5.97. The summed E-state index contributed by atoms with van der Waals surface area (Å²) in [6.07, 6.45) is 5.74. The van der Waals surface area contributed by atoms with Crippen molar-refractivity contribution in [2.75, 3.05) is 0 Å². The predicted octanol–water partition coefficient (Wildman–Crippen LogP) is 2.55. The molecular weight excluding hydrogens is 175 g/mol. The molecule has 0 spiro atoms. The number of hydrogen-bond acceptors (Lipinski definition) is 1. The van der Waals surface area contributed by atoms with E-state index in [0.717, 1.165) is 17.8 Å². The average Bonchev–Trinajstić information content (AvgIpc) is 2.40. The first kappa shape index (κ1) is 9.95. The molecule has 2 aliphatic carbocycles. The van der Waals surface area contributed by atoms with Gasteiger partial charge in [-0.15, -0.1) is 0 Å². The van der Waals surface area contributed by atoms with Crippen LogP contribution < -0.4 is 0 Å². The van der Waals surface area contributed by atoms with Crippen LogP contribution in [0.2, 0.25) is 5.31 Å². The van der Waals surface area contributed by atoms with Gasteiger partial charge in [-0.25, -0.2) is 0 Å². The van der Waals surface area contributed by atoms with E-state index >= 15 is 0 Å². The van der Waals surface area contributed by atoms with E-state index in [-0.39, 0.29) is 0 Å². The molecular formula is C11H21BS. The summed E-state index contributed by atoms with van der Waals surface area (Å²) in [4.78, 5) is 0. The predicted molar refractivity (Wildman–Crippen MR) is 64.3 cm³/mol. The van der Waals surface area contributed by atoms with Gasteiger partial charge in [0.05, 0.1) is 0 Å². The Labute approximate surface area is 88.7 Å². The summed E-state index contributed by atoms with van der Waals surface area (Å²) >= 11 is 4.86. The third kappa shape index (κ3) is 1.67. The SMILES string of the molecule is BC1(C)CCC2CC(C)CC2C1S. The highest BCUT2D eigenvalue weighted by atomic mass is 32.1. The van der Waals surface area contributed by atoms with E-state index in [9.17, 15) is 0 Å². The van der Waals surface area contributed by atoms with Crippen molar-refractivity contribution >= 4 is 20.5 Å². The zero-order valence-electron chi connectivity index (χ0n) is 9.09. The minimum absolute atomic E-state index is 0.480. The summed E-state index contributed by atoms with van der Waals surface area (Å²) in [6, 6.07) is 0. The number of fused-ring (bicyclic) bond motifs is 1. The maximum atomic E-state index is 4.86. The lowest BCUT2D eigenvalue weighted by Crippen LogP contribution is -2.36. The van der Waals surface area contributed by atoms with Crippen LogP contribution in [-0.2, 0) is 0 Å². The van der Waals surface area contributed by atoms with Crippen LogP contribution in [0.25, 0.3) is 0 Å². The van der Waals surface area contributed by atoms with Gasteiger partial charge < -0.3 is 0 Å². The number of hydrogen-bond donors (Lipinski definition) is 1. The lowest BCUT2D eigenvalue weighted by Gasteiger charge is -2.43. The van der Waals surface area contributed by atoms with Crippen LogP contribution >= 0.6 is 12.6 Å². The molecule has 0 nitrogen and oxygen atoms in total. The lowest BCUT2D eigenvalue weighted by atomic mass is 9.57. The Morgan fingerprint density at radius 3 is 2.77 bits per heavy atom. The Kier molecular flexibility index (Phi) is 2.46. The van der Waals surface area contributed by atoms with Gasteiger partial charge in [-0.2, -0.15) is 12.6 Å². The van der Waals surface area contributed by atoms with Crippen molar-refractivity contribution in [3.8, 4) is 0 Å². The van der Waals surface area contributed by atoms with Gasteiger partial charge >= 0.3 is 0 Å². The molecule has 0 saturated heterocycles. The molecule has 0 aliphatic heterocycles. The fourth-order valence-electron chi connectivity index (χ4n) is 3.45. The van der Waals surface area contributed by atoms with Gasteiger partial charge in [0.15, 0.2) is 0 Å². The first-order valence-electron chi connectivity index (χ1n) is 5.69. The Balaban J connectivity index is 2.13. The van der Waals surface area contributed by atoms with Gasteiger partial charge in [0.1, 0.15) is 7.85 Å². The second kappa shape index (κ2) is 3.22. The minimum atomic E-state index is 0.480. The lowest BCUT2D eigenvalue weighted by molar-refractivity contribution is 0.243. The summed E-state index contributed by atoms with van der Waals surface area (Å²) < 4.78 is 0. The van der Waals surface area contributed by atoms with Gasteiger partial charge in [-0.05, 0) is 35.9 Å². The molecule has 0 radical (unpaired) electrons. The Hall–Kier alpha value is 0.415. The molecule has 5 unspecified atom stereocenters. The Bertz CT molecular complexity index is 202. The molecule has 0 aromatic carbocycles. The third-order valence-electron chi connectivity index (χ3n) is 4.35. The smallest absolute Gasteiger partial charge is 0.110 e. The van der Waals surface area contributed by atoms with Crippen LogP contribution in [0.4, 0.5) is 0 Å². The van der Waals surface area contributed by atoms with Crippen molar-refractivity contribution < 1.29 is 0 Å². The van der Waals surface area contributed by atoms with E-state index in [1.54, 1.807) is 0 Å². The van der Waals surface area contributed by atoms with E-state index in [0.29, 0.717) is 10.6 Å². The summed E-state index contributed by atoms with van der Waals surface area (Å²) in [6.45, 7) is 4.80. The molecule has 2 saturated carbocycles. The Morgan fingerprint density at radius 2 is 2.08 bits per heavy atom. The highest BCUT2D eigenvalue weighted by Gasteiger charge is 2.45. The van der Waals surface area contributed by atoms with Gasteiger partial charge in [0.25, 0.3) is 0 Å². The Morgan fingerprint density at radius 1 is 1.38 bits per heavy atom. The fourth-order valence-corrected chi connectivity index (χ4v) is 3.94. The van der Waals surface area contributed by atoms with Crippen LogP contribution in [0.5, 0.6) is 0 Å². The van der Waals surface area contributed by atoms with E-state index in [1.807, 2.05) is 0 Å². The van der Waals surface area contributed by atoms with E-state index in [1.165, 1.54) is 25.7 Å². The van der Waals surface area contributed by atoms with E-state index < -0.39 is 0 Å². The van der Waals surface area contributed by atoms with Crippen molar-refractivity contribution in [3.05, 3.63) is 0 Å². The maximum Gasteiger partial charge on any atom is 0.110 e. The average molecular weight is 196 g/mol. The standard InChI is InChI=1S/C11H21BS/c1-7-5-8-3-4-11(2,12)10(13)9(8)6-7/h7-10,13H,3-6,12H2,1-2H3. The van der Waals surface area contributed by atoms with Crippen LogP contribution in [0, 0.1) is 17.8 Å². The van der Waals surface area contributed by atoms with Crippen molar-refractivity contribution in [1.29, 1.82) is 0 Å². The van der Waals surface area contributed by atoms with Gasteiger partial charge in [0, 0.05) is 5.25 Å². The van der Waals surface area contributed by atoms with Crippen molar-refractivity contribution in [2.45, 2.75) is 50.1 Å². The fraction of sp³-hybridized carbons (Fsp3) is 1.00. The summed E-state index contributed by atoms with van der Waals surface area (Å²) in [5.74, 6) is 2.88. The quantitative estimate of drug-likeness (QED) is 0.446. The van der Waals surface area contributed by atoms with E-state index in [2.05, 4.69) is 21.7 Å². The number of rotatable bonds is 0. The van der Waals surface area contributed by atoms with E-state index in [4.69, 9.17) is 12.6 Å². The molecule has 2 heteroatoms. The molecule has 2 fully saturated rings. The van der Waals surface area contributed by atoms with Crippen molar-refractivity contribution in [1.82, 2.24) is 0 Å². The summed E-state index contributed by atoms with van der Waals surface area (Å²) in [5.41, 5.74) is 0. The highest BCUT2D eigenvalue weighted by molar-refractivity contribution is 7.81. The normalized spacial score (nSPS) is 56.2. The van der Waals surface area contributed by atoms with Crippen LogP contribution in [0.1, 0.15) is 39.5 Å². The monoisotopic (exact) mass is 196 g/mol. The van der Waals surface area contributed by atoms with Gasteiger partial charge in [-0.3, -0.25) is 0 Å². The maximum absolute atomic E-state index is 4.86. The zero-order chi connectivity index (χ0) is 9.64. The van der Waals surface area contributed by atoms with Crippen LogP contribution in [0.3, 0.4) is 0 Å². The molecule has 2 rings (SSSR count). The van der Waals surface area contributed by atoms with Crippen LogP contribution in [-0.4, -0.2) is 13.1 Å². The summed E-state index contributed by atoms with van der Waals surface area (Å²) in [7, 11) is 2.39. The molecule has 0 aromatic rings. The minimum Gasteiger partial charge on any atom is -0.176 e. The molecule has 0 heterocycles. The highest BCUT2D eigenvalue weighted by Crippen LogP contribution is 2.55. The molecule has 13 heavy (non-hydrogen) atoms. The van der Waals surface area contributed by atoms with Crippen LogP contribution in [0.15, 0.2) is 0 Å². The van der Waals surface area contributed by atoms with Gasteiger partial charge in [0.2, 0.25) is 0 Å². The largest absolute Gasteiger partial charge is 0.176 e.